The van der Waals surface area contributed by atoms with Crippen molar-refractivity contribution in [2.24, 2.45) is 0 Å². The molecule has 0 spiro atoms. The molecular weight excluding hydrogens is 446 g/mol. The van der Waals surface area contributed by atoms with Crippen LogP contribution in [0, 0.1) is 5.82 Å². The molecule has 8 heteroatoms. The summed E-state index contributed by atoms with van der Waals surface area (Å²) >= 11 is 13.2. The van der Waals surface area contributed by atoms with Crippen molar-refractivity contribution in [2.45, 2.75) is 17.1 Å². The van der Waals surface area contributed by atoms with Gasteiger partial charge in [0.25, 0.3) is 5.91 Å². The maximum absolute atomic E-state index is 13.8. The zero-order chi connectivity index (χ0) is 21.7. The minimum atomic E-state index is -0.590. The zero-order valence-electron chi connectivity index (χ0n) is 15.8. The Balaban J connectivity index is 1.64. The van der Waals surface area contributed by atoms with E-state index in [-0.39, 0.29) is 11.5 Å². The first-order chi connectivity index (χ1) is 14.3. The second-order valence-electron chi connectivity index (χ2n) is 6.34. The van der Waals surface area contributed by atoms with Gasteiger partial charge in [-0.15, -0.1) is 11.8 Å². The Morgan fingerprint density at radius 1 is 0.900 bits per heavy atom. The SMILES string of the molecule is CC(Sc1cccc(NC(=O)c2ccccc2F)c1)C(=O)Nc1ccc(Cl)c(Cl)c1. The molecule has 3 rings (SSSR count). The number of amides is 2. The molecule has 0 fully saturated rings. The quantitative estimate of drug-likeness (QED) is 0.410. The lowest BCUT2D eigenvalue weighted by Crippen LogP contribution is -2.22. The summed E-state index contributed by atoms with van der Waals surface area (Å²) in [6, 6.07) is 17.6. The van der Waals surface area contributed by atoms with Crippen LogP contribution in [0.2, 0.25) is 10.0 Å². The van der Waals surface area contributed by atoms with Crippen molar-refractivity contribution in [3.05, 3.63) is 88.2 Å². The van der Waals surface area contributed by atoms with Gasteiger partial charge in [-0.2, -0.15) is 0 Å². The van der Waals surface area contributed by atoms with Crippen LogP contribution in [-0.2, 0) is 4.79 Å². The van der Waals surface area contributed by atoms with Crippen LogP contribution < -0.4 is 10.6 Å². The Bertz CT molecular complexity index is 1090. The van der Waals surface area contributed by atoms with Crippen molar-refractivity contribution < 1.29 is 14.0 Å². The standard InChI is InChI=1S/C22H17Cl2FN2O2S/c1-13(21(28)26-15-9-10-18(23)19(24)12-15)30-16-6-4-5-14(11-16)27-22(29)17-7-2-3-8-20(17)25/h2-13H,1H3,(H,26,28)(H,27,29). The summed E-state index contributed by atoms with van der Waals surface area (Å²) in [4.78, 5) is 25.5. The van der Waals surface area contributed by atoms with Gasteiger partial charge >= 0.3 is 0 Å². The summed E-state index contributed by atoms with van der Waals surface area (Å²) < 4.78 is 13.8. The van der Waals surface area contributed by atoms with Crippen LogP contribution in [0.3, 0.4) is 0 Å². The summed E-state index contributed by atoms with van der Waals surface area (Å²) in [7, 11) is 0. The Hall–Kier alpha value is -2.54. The molecule has 0 aromatic heterocycles. The normalized spacial score (nSPS) is 11.6. The number of benzene rings is 3. The van der Waals surface area contributed by atoms with E-state index in [1.807, 2.05) is 6.07 Å². The number of thioether (sulfide) groups is 1. The van der Waals surface area contributed by atoms with Gasteiger partial charge in [-0.1, -0.05) is 41.4 Å². The number of hydrogen-bond donors (Lipinski definition) is 2. The number of rotatable bonds is 6. The molecule has 3 aromatic rings. The molecule has 4 nitrogen and oxygen atoms in total. The molecule has 30 heavy (non-hydrogen) atoms. The molecular formula is C22H17Cl2FN2O2S. The number of carbonyl (C=O) groups excluding carboxylic acids is 2. The molecule has 0 aliphatic carbocycles. The zero-order valence-corrected chi connectivity index (χ0v) is 18.1. The Morgan fingerprint density at radius 2 is 1.63 bits per heavy atom. The van der Waals surface area contributed by atoms with Crippen molar-refractivity contribution in [3.8, 4) is 0 Å². The molecule has 1 unspecified atom stereocenters. The molecule has 1 atom stereocenters. The van der Waals surface area contributed by atoms with Crippen LogP contribution in [-0.4, -0.2) is 17.1 Å². The highest BCUT2D eigenvalue weighted by Gasteiger charge is 2.16. The second kappa shape index (κ2) is 9.98. The maximum atomic E-state index is 13.8. The topological polar surface area (TPSA) is 58.2 Å². The lowest BCUT2D eigenvalue weighted by atomic mass is 10.2. The van der Waals surface area contributed by atoms with Crippen LogP contribution in [0.15, 0.2) is 71.6 Å². The average molecular weight is 463 g/mol. The van der Waals surface area contributed by atoms with Gasteiger partial charge in [0.1, 0.15) is 5.82 Å². The summed E-state index contributed by atoms with van der Waals surface area (Å²) in [5, 5.41) is 5.81. The molecule has 0 radical (unpaired) electrons. The third-order valence-electron chi connectivity index (χ3n) is 4.08. The Kier molecular flexibility index (Phi) is 7.37. The average Bonchev–Trinajstić information content (AvgIpc) is 2.71. The van der Waals surface area contributed by atoms with Crippen molar-refractivity contribution >= 4 is 58.2 Å². The maximum Gasteiger partial charge on any atom is 0.258 e. The number of halogens is 3. The largest absolute Gasteiger partial charge is 0.325 e. The highest BCUT2D eigenvalue weighted by molar-refractivity contribution is 8.00. The first-order valence-electron chi connectivity index (χ1n) is 8.92. The van der Waals surface area contributed by atoms with E-state index in [2.05, 4.69) is 10.6 Å². The fraction of sp³-hybridized carbons (Fsp3) is 0.0909. The van der Waals surface area contributed by atoms with E-state index in [0.29, 0.717) is 21.4 Å². The van der Waals surface area contributed by atoms with Crippen molar-refractivity contribution in [1.29, 1.82) is 0 Å². The van der Waals surface area contributed by atoms with Gasteiger partial charge in [0.15, 0.2) is 0 Å². The summed E-state index contributed by atoms with van der Waals surface area (Å²) in [6.45, 7) is 1.77. The van der Waals surface area contributed by atoms with Crippen molar-refractivity contribution in [2.75, 3.05) is 10.6 Å². The van der Waals surface area contributed by atoms with Crippen LogP contribution in [0.4, 0.5) is 15.8 Å². The van der Waals surface area contributed by atoms with E-state index < -0.39 is 17.0 Å². The van der Waals surface area contributed by atoms with Crippen LogP contribution in [0.1, 0.15) is 17.3 Å². The third-order valence-corrected chi connectivity index (χ3v) is 5.91. The molecule has 0 heterocycles. The van der Waals surface area contributed by atoms with E-state index in [1.165, 1.54) is 30.0 Å². The Labute approximate surface area is 187 Å². The lowest BCUT2D eigenvalue weighted by Gasteiger charge is -2.13. The van der Waals surface area contributed by atoms with E-state index in [1.54, 1.807) is 49.4 Å². The minimum Gasteiger partial charge on any atom is -0.325 e. The van der Waals surface area contributed by atoms with Gasteiger partial charge in [0, 0.05) is 16.3 Å². The third kappa shape index (κ3) is 5.75. The number of nitrogens with one attached hydrogen (secondary N) is 2. The molecule has 0 bridgehead atoms. The number of carbonyl (C=O) groups is 2. The molecule has 154 valence electrons. The lowest BCUT2D eigenvalue weighted by molar-refractivity contribution is -0.115. The van der Waals surface area contributed by atoms with E-state index >= 15 is 0 Å². The number of anilines is 2. The summed E-state index contributed by atoms with van der Waals surface area (Å²) in [6.07, 6.45) is 0. The molecule has 0 saturated heterocycles. The first kappa shape index (κ1) is 22.2. The highest BCUT2D eigenvalue weighted by atomic mass is 35.5. The monoisotopic (exact) mass is 462 g/mol. The van der Waals surface area contributed by atoms with E-state index in [9.17, 15) is 14.0 Å². The minimum absolute atomic E-state index is 0.0371. The molecule has 0 saturated carbocycles. The van der Waals surface area contributed by atoms with Gasteiger partial charge in [-0.25, -0.2) is 4.39 Å². The fourth-order valence-electron chi connectivity index (χ4n) is 2.57. The van der Waals surface area contributed by atoms with E-state index in [0.717, 1.165) is 4.90 Å². The number of hydrogen-bond acceptors (Lipinski definition) is 3. The fourth-order valence-corrected chi connectivity index (χ4v) is 3.79. The van der Waals surface area contributed by atoms with Crippen LogP contribution >= 0.6 is 35.0 Å². The summed E-state index contributed by atoms with van der Waals surface area (Å²) in [5.74, 6) is -1.34. The Morgan fingerprint density at radius 3 is 2.37 bits per heavy atom. The smallest absolute Gasteiger partial charge is 0.258 e. The van der Waals surface area contributed by atoms with Gasteiger partial charge in [0.05, 0.1) is 20.9 Å². The molecule has 2 N–H and O–H groups in total. The van der Waals surface area contributed by atoms with E-state index in [4.69, 9.17) is 23.2 Å². The molecule has 2 amide bonds. The predicted octanol–water partition coefficient (Wildman–Crippen LogP) is 6.50. The molecule has 0 aliphatic heterocycles. The first-order valence-corrected chi connectivity index (χ1v) is 10.6. The van der Waals surface area contributed by atoms with Gasteiger partial charge in [-0.05, 0) is 55.5 Å². The van der Waals surface area contributed by atoms with Gasteiger partial charge in [-0.3, -0.25) is 9.59 Å². The van der Waals surface area contributed by atoms with Gasteiger partial charge < -0.3 is 10.6 Å². The van der Waals surface area contributed by atoms with Crippen molar-refractivity contribution in [3.63, 3.8) is 0 Å². The highest BCUT2D eigenvalue weighted by Crippen LogP contribution is 2.28. The van der Waals surface area contributed by atoms with Crippen LogP contribution in [0.5, 0.6) is 0 Å². The van der Waals surface area contributed by atoms with Crippen LogP contribution in [0.25, 0.3) is 0 Å². The predicted molar refractivity (Wildman–Crippen MR) is 121 cm³/mol. The summed E-state index contributed by atoms with van der Waals surface area (Å²) in [5.41, 5.74) is 1.02. The molecule has 0 aliphatic rings. The van der Waals surface area contributed by atoms with Crippen molar-refractivity contribution in [1.82, 2.24) is 0 Å². The molecule has 3 aromatic carbocycles. The van der Waals surface area contributed by atoms with Gasteiger partial charge in [0.2, 0.25) is 5.91 Å². The second-order valence-corrected chi connectivity index (χ2v) is 8.57.